The molecule has 1 heterocycles. The molecule has 0 atom stereocenters. The number of nitrogens with one attached hydrogen (secondary N) is 1. The van der Waals surface area contributed by atoms with Crippen LogP contribution in [0.1, 0.15) is 37.7 Å². The molecule has 7 nitrogen and oxygen atoms in total. The monoisotopic (exact) mass is 291 g/mol. The summed E-state index contributed by atoms with van der Waals surface area (Å²) in [6.07, 6.45) is 3.47. The SMILES string of the molecule is Cl.Nc1nc(O)c(CCCCCCC(=O)O)c(=O)[nH]1. The van der Waals surface area contributed by atoms with Crippen LogP contribution in [0.15, 0.2) is 4.79 Å². The predicted octanol–water partition coefficient (Wildman–Crippen LogP) is 1.06. The number of aromatic nitrogens is 2. The first-order chi connectivity index (χ1) is 8.50. The second kappa shape index (κ2) is 8.36. The Kier molecular flexibility index (Phi) is 7.59. The van der Waals surface area contributed by atoms with Gasteiger partial charge in [-0.05, 0) is 19.3 Å². The topological polar surface area (TPSA) is 129 Å². The molecule has 108 valence electrons. The van der Waals surface area contributed by atoms with Crippen LogP contribution in [0.25, 0.3) is 0 Å². The number of hydrogen-bond acceptors (Lipinski definition) is 5. The summed E-state index contributed by atoms with van der Waals surface area (Å²) in [5.74, 6) is -1.24. The summed E-state index contributed by atoms with van der Waals surface area (Å²) in [5.41, 5.74) is 5.07. The molecule has 0 saturated carbocycles. The maximum Gasteiger partial charge on any atom is 0.303 e. The molecule has 1 aromatic heterocycles. The van der Waals surface area contributed by atoms with Gasteiger partial charge in [-0.2, -0.15) is 4.98 Å². The van der Waals surface area contributed by atoms with Crippen LogP contribution in [-0.2, 0) is 11.2 Å². The van der Waals surface area contributed by atoms with Gasteiger partial charge >= 0.3 is 5.97 Å². The fraction of sp³-hybridized carbons (Fsp3) is 0.545. The molecule has 1 aromatic rings. The molecule has 0 amide bonds. The van der Waals surface area contributed by atoms with Crippen molar-refractivity contribution in [2.45, 2.75) is 38.5 Å². The van der Waals surface area contributed by atoms with Gasteiger partial charge in [0.1, 0.15) is 0 Å². The molecule has 0 radical (unpaired) electrons. The number of hydrogen-bond donors (Lipinski definition) is 4. The highest BCUT2D eigenvalue weighted by Gasteiger charge is 2.08. The smallest absolute Gasteiger partial charge is 0.303 e. The van der Waals surface area contributed by atoms with Gasteiger partial charge in [0.05, 0.1) is 5.56 Å². The summed E-state index contributed by atoms with van der Waals surface area (Å²) >= 11 is 0. The predicted molar refractivity (Wildman–Crippen MR) is 72.6 cm³/mol. The van der Waals surface area contributed by atoms with Crippen LogP contribution in [-0.4, -0.2) is 26.2 Å². The number of carboxylic acid groups (broad SMARTS) is 1. The quantitative estimate of drug-likeness (QED) is 0.556. The number of nitrogen functional groups attached to an aromatic ring is 1. The van der Waals surface area contributed by atoms with E-state index in [1.54, 1.807) is 0 Å². The van der Waals surface area contributed by atoms with Gasteiger partial charge in [-0.15, -0.1) is 12.4 Å². The van der Waals surface area contributed by atoms with E-state index in [0.717, 1.165) is 12.8 Å². The van der Waals surface area contributed by atoms with E-state index in [9.17, 15) is 14.7 Å². The van der Waals surface area contributed by atoms with E-state index in [0.29, 0.717) is 19.3 Å². The van der Waals surface area contributed by atoms with E-state index in [4.69, 9.17) is 10.8 Å². The van der Waals surface area contributed by atoms with Crippen molar-refractivity contribution in [1.82, 2.24) is 9.97 Å². The Bertz CT molecular complexity index is 475. The van der Waals surface area contributed by atoms with Gasteiger partial charge in [0.15, 0.2) is 0 Å². The molecule has 5 N–H and O–H groups in total. The van der Waals surface area contributed by atoms with Gasteiger partial charge in [0.2, 0.25) is 11.8 Å². The van der Waals surface area contributed by atoms with Crippen LogP contribution >= 0.6 is 12.4 Å². The van der Waals surface area contributed by atoms with E-state index in [1.165, 1.54) is 0 Å². The van der Waals surface area contributed by atoms with Crippen LogP contribution in [0, 0.1) is 0 Å². The van der Waals surface area contributed by atoms with Crippen molar-refractivity contribution in [3.05, 3.63) is 15.9 Å². The fourth-order valence-corrected chi connectivity index (χ4v) is 1.66. The summed E-state index contributed by atoms with van der Waals surface area (Å²) in [6.45, 7) is 0. The lowest BCUT2D eigenvalue weighted by Crippen LogP contribution is -2.16. The number of aliphatic carboxylic acids is 1. The minimum atomic E-state index is -0.799. The maximum atomic E-state index is 11.5. The normalized spacial score (nSPS) is 9.89. The number of anilines is 1. The van der Waals surface area contributed by atoms with Gasteiger partial charge in [-0.1, -0.05) is 12.8 Å². The molecule has 0 aromatic carbocycles. The second-order valence-corrected chi connectivity index (χ2v) is 4.06. The summed E-state index contributed by atoms with van der Waals surface area (Å²) in [7, 11) is 0. The zero-order valence-electron chi connectivity index (χ0n) is 10.4. The van der Waals surface area contributed by atoms with E-state index >= 15 is 0 Å². The van der Waals surface area contributed by atoms with Crippen molar-refractivity contribution in [2.75, 3.05) is 5.73 Å². The molecule has 0 unspecified atom stereocenters. The number of carboxylic acids is 1. The van der Waals surface area contributed by atoms with E-state index in [2.05, 4.69) is 9.97 Å². The number of unbranched alkanes of at least 4 members (excludes halogenated alkanes) is 3. The third-order valence-electron chi connectivity index (χ3n) is 2.58. The number of aromatic amines is 1. The van der Waals surface area contributed by atoms with E-state index in [1.807, 2.05) is 0 Å². The van der Waals surface area contributed by atoms with Gasteiger partial charge in [-0.3, -0.25) is 14.6 Å². The molecule has 19 heavy (non-hydrogen) atoms. The number of carbonyl (C=O) groups is 1. The third-order valence-corrected chi connectivity index (χ3v) is 2.58. The number of nitrogens with two attached hydrogens (primary N) is 1. The lowest BCUT2D eigenvalue weighted by molar-refractivity contribution is -0.137. The van der Waals surface area contributed by atoms with Crippen LogP contribution in [0.5, 0.6) is 5.88 Å². The summed E-state index contributed by atoms with van der Waals surface area (Å²) in [6, 6.07) is 0. The zero-order valence-corrected chi connectivity index (χ0v) is 11.2. The van der Waals surface area contributed by atoms with E-state index < -0.39 is 11.5 Å². The van der Waals surface area contributed by atoms with Crippen molar-refractivity contribution < 1.29 is 15.0 Å². The molecule has 0 bridgehead atoms. The van der Waals surface area contributed by atoms with Crippen molar-refractivity contribution in [3.63, 3.8) is 0 Å². The molecule has 8 heteroatoms. The lowest BCUT2D eigenvalue weighted by Gasteiger charge is -2.03. The standard InChI is InChI=1S/C11H17N3O4.ClH/c12-11-13-9(17)7(10(18)14-11)5-3-1-2-4-6-8(15)16;/h1-6H2,(H,15,16)(H4,12,13,14,17,18);1H. The van der Waals surface area contributed by atoms with Crippen LogP contribution in [0.4, 0.5) is 5.95 Å². The Morgan fingerprint density at radius 3 is 2.47 bits per heavy atom. The lowest BCUT2D eigenvalue weighted by atomic mass is 10.1. The minimum Gasteiger partial charge on any atom is -0.493 e. The van der Waals surface area contributed by atoms with Crippen LogP contribution in [0.3, 0.4) is 0 Å². The molecule has 0 fully saturated rings. The van der Waals surface area contributed by atoms with Crippen molar-refractivity contribution in [1.29, 1.82) is 0 Å². The van der Waals surface area contributed by atoms with Gasteiger partial charge < -0.3 is 15.9 Å². The van der Waals surface area contributed by atoms with Crippen LogP contribution in [0.2, 0.25) is 0 Å². The highest BCUT2D eigenvalue weighted by Crippen LogP contribution is 2.13. The molecular weight excluding hydrogens is 274 g/mol. The highest BCUT2D eigenvalue weighted by atomic mass is 35.5. The molecule has 0 aliphatic rings. The van der Waals surface area contributed by atoms with Crippen molar-refractivity contribution >= 4 is 24.3 Å². The largest absolute Gasteiger partial charge is 0.493 e. The van der Waals surface area contributed by atoms with Gasteiger partial charge in [-0.25, -0.2) is 0 Å². The average Bonchev–Trinajstić information content (AvgIpc) is 2.25. The maximum absolute atomic E-state index is 11.5. The Morgan fingerprint density at radius 2 is 1.89 bits per heavy atom. The summed E-state index contributed by atoms with van der Waals surface area (Å²) in [5, 5.41) is 17.9. The summed E-state index contributed by atoms with van der Waals surface area (Å²) < 4.78 is 0. The van der Waals surface area contributed by atoms with Crippen LogP contribution < -0.4 is 11.3 Å². The van der Waals surface area contributed by atoms with Crippen molar-refractivity contribution in [3.8, 4) is 5.88 Å². The summed E-state index contributed by atoms with van der Waals surface area (Å²) in [4.78, 5) is 27.6. The third kappa shape index (κ3) is 6.10. The van der Waals surface area contributed by atoms with Gasteiger partial charge in [0, 0.05) is 6.42 Å². The Morgan fingerprint density at radius 1 is 1.26 bits per heavy atom. The molecule has 1 rings (SSSR count). The zero-order chi connectivity index (χ0) is 13.5. The first-order valence-electron chi connectivity index (χ1n) is 5.80. The average molecular weight is 292 g/mol. The molecule has 0 aliphatic carbocycles. The molecule has 0 spiro atoms. The number of nitrogens with zero attached hydrogens (tertiary/aromatic N) is 1. The first kappa shape index (κ1) is 17.2. The Balaban J connectivity index is 0.00000324. The molecule has 0 aliphatic heterocycles. The van der Waals surface area contributed by atoms with E-state index in [-0.39, 0.29) is 36.2 Å². The second-order valence-electron chi connectivity index (χ2n) is 4.06. The Labute approximate surface area is 116 Å². The minimum absolute atomic E-state index is 0. The number of halogens is 1. The van der Waals surface area contributed by atoms with Crippen molar-refractivity contribution in [2.24, 2.45) is 0 Å². The molecular formula is C11H18ClN3O4. The Hall–Kier alpha value is -1.76. The first-order valence-corrected chi connectivity index (χ1v) is 5.80. The highest BCUT2D eigenvalue weighted by molar-refractivity contribution is 5.85. The number of rotatable bonds is 7. The number of aromatic hydroxyl groups is 1. The fourth-order valence-electron chi connectivity index (χ4n) is 1.66. The number of H-pyrrole nitrogens is 1. The molecule has 0 saturated heterocycles. The van der Waals surface area contributed by atoms with Gasteiger partial charge in [0.25, 0.3) is 5.56 Å².